The van der Waals surface area contributed by atoms with E-state index in [1.807, 2.05) is 18.2 Å². The van der Waals surface area contributed by atoms with Gasteiger partial charge >= 0.3 is 0 Å². The molecule has 0 bridgehead atoms. The molecule has 1 aliphatic heterocycles. The number of nitrogens with zero attached hydrogens (tertiary/aromatic N) is 2. The van der Waals surface area contributed by atoms with E-state index in [9.17, 15) is 5.26 Å². The first kappa shape index (κ1) is 13.9. The first-order chi connectivity index (χ1) is 10.4. The van der Waals surface area contributed by atoms with E-state index in [-0.39, 0.29) is 5.92 Å². The van der Waals surface area contributed by atoms with Gasteiger partial charge in [-0.15, -0.1) is 0 Å². The number of hydrogen-bond donors (Lipinski definition) is 0. The average Bonchev–Trinajstić information content (AvgIpc) is 3.03. The summed E-state index contributed by atoms with van der Waals surface area (Å²) in [4.78, 5) is 2.43. The Labute approximate surface area is 126 Å². The Balaban J connectivity index is 1.63. The van der Waals surface area contributed by atoms with Gasteiger partial charge in [0.15, 0.2) is 0 Å². The molecule has 0 amide bonds. The maximum Gasteiger partial charge on any atom is 0.0839 e. The number of likely N-dealkylation sites (tertiary alicyclic amines) is 1. The van der Waals surface area contributed by atoms with Crippen LogP contribution in [-0.2, 0) is 0 Å². The maximum absolute atomic E-state index is 9.45. The van der Waals surface area contributed by atoms with Gasteiger partial charge in [0.05, 0.1) is 12.0 Å². The SMILES string of the molecule is N#CC(CN1CCC(c2ccccc2)C1)c1ccccc1. The van der Waals surface area contributed by atoms with E-state index in [1.165, 1.54) is 12.0 Å². The molecule has 0 aromatic heterocycles. The zero-order valence-corrected chi connectivity index (χ0v) is 12.2. The van der Waals surface area contributed by atoms with Gasteiger partial charge in [-0.05, 0) is 30.0 Å². The van der Waals surface area contributed by atoms with Gasteiger partial charge in [-0.2, -0.15) is 5.26 Å². The van der Waals surface area contributed by atoms with Crippen LogP contribution in [0.2, 0.25) is 0 Å². The zero-order valence-electron chi connectivity index (χ0n) is 12.2. The van der Waals surface area contributed by atoms with Crippen molar-refractivity contribution in [3.63, 3.8) is 0 Å². The van der Waals surface area contributed by atoms with Crippen LogP contribution in [0.15, 0.2) is 60.7 Å². The minimum atomic E-state index is -0.0271. The van der Waals surface area contributed by atoms with Crippen LogP contribution < -0.4 is 0 Å². The first-order valence-electron chi connectivity index (χ1n) is 7.58. The highest BCUT2D eigenvalue weighted by molar-refractivity contribution is 5.26. The normalized spacial score (nSPS) is 20.0. The minimum Gasteiger partial charge on any atom is -0.301 e. The predicted molar refractivity (Wildman–Crippen MR) is 85.0 cm³/mol. The van der Waals surface area contributed by atoms with E-state index in [0.29, 0.717) is 5.92 Å². The number of rotatable bonds is 4. The molecule has 2 aromatic rings. The monoisotopic (exact) mass is 276 g/mol. The lowest BCUT2D eigenvalue weighted by atomic mass is 9.98. The molecule has 106 valence electrons. The van der Waals surface area contributed by atoms with Gasteiger partial charge in [-0.3, -0.25) is 0 Å². The van der Waals surface area contributed by atoms with Crippen molar-refractivity contribution in [1.82, 2.24) is 4.90 Å². The van der Waals surface area contributed by atoms with Crippen molar-refractivity contribution in [3.05, 3.63) is 71.8 Å². The average molecular weight is 276 g/mol. The van der Waals surface area contributed by atoms with Crippen molar-refractivity contribution in [2.24, 2.45) is 0 Å². The van der Waals surface area contributed by atoms with E-state index in [0.717, 1.165) is 25.2 Å². The van der Waals surface area contributed by atoms with E-state index < -0.39 is 0 Å². The summed E-state index contributed by atoms with van der Waals surface area (Å²) in [7, 11) is 0. The lowest BCUT2D eigenvalue weighted by molar-refractivity contribution is 0.327. The fourth-order valence-electron chi connectivity index (χ4n) is 3.16. The van der Waals surface area contributed by atoms with Gasteiger partial charge in [0.1, 0.15) is 0 Å². The van der Waals surface area contributed by atoms with Gasteiger partial charge in [-0.25, -0.2) is 0 Å². The molecular formula is C19H20N2. The van der Waals surface area contributed by atoms with Crippen molar-refractivity contribution < 1.29 is 0 Å². The molecule has 0 saturated carbocycles. The highest BCUT2D eigenvalue weighted by Crippen LogP contribution is 2.28. The lowest BCUT2D eigenvalue weighted by Crippen LogP contribution is -2.25. The number of nitriles is 1. The zero-order chi connectivity index (χ0) is 14.5. The summed E-state index contributed by atoms with van der Waals surface area (Å²) in [6.07, 6.45) is 1.19. The van der Waals surface area contributed by atoms with Gasteiger partial charge in [-0.1, -0.05) is 60.7 Å². The largest absolute Gasteiger partial charge is 0.301 e. The standard InChI is InChI=1S/C19H20N2/c20-13-19(17-9-5-2-6-10-17)15-21-12-11-18(14-21)16-7-3-1-4-8-16/h1-10,18-19H,11-12,14-15H2. The van der Waals surface area contributed by atoms with Crippen LogP contribution in [0.3, 0.4) is 0 Å². The molecule has 2 heteroatoms. The molecule has 0 radical (unpaired) electrons. The summed E-state index contributed by atoms with van der Waals surface area (Å²) < 4.78 is 0. The molecule has 1 aliphatic rings. The number of benzene rings is 2. The molecule has 2 nitrogen and oxygen atoms in total. The summed E-state index contributed by atoms with van der Waals surface area (Å²) in [5.41, 5.74) is 2.55. The number of hydrogen-bond acceptors (Lipinski definition) is 2. The van der Waals surface area contributed by atoms with Crippen molar-refractivity contribution in [3.8, 4) is 6.07 Å². The van der Waals surface area contributed by atoms with Gasteiger partial charge in [0.2, 0.25) is 0 Å². The third kappa shape index (κ3) is 3.32. The van der Waals surface area contributed by atoms with Crippen molar-refractivity contribution in [2.45, 2.75) is 18.3 Å². The van der Waals surface area contributed by atoms with Crippen LogP contribution in [0.25, 0.3) is 0 Å². The molecule has 3 rings (SSSR count). The second-order valence-corrected chi connectivity index (χ2v) is 5.75. The Morgan fingerprint density at radius 1 is 1.05 bits per heavy atom. The van der Waals surface area contributed by atoms with E-state index in [1.54, 1.807) is 0 Å². The smallest absolute Gasteiger partial charge is 0.0839 e. The van der Waals surface area contributed by atoms with Crippen molar-refractivity contribution in [1.29, 1.82) is 5.26 Å². The predicted octanol–water partition coefficient (Wildman–Crippen LogP) is 3.78. The van der Waals surface area contributed by atoms with Gasteiger partial charge in [0, 0.05) is 13.1 Å². The molecule has 2 atom stereocenters. The van der Waals surface area contributed by atoms with Crippen LogP contribution >= 0.6 is 0 Å². The molecule has 1 saturated heterocycles. The quantitative estimate of drug-likeness (QED) is 0.849. The second-order valence-electron chi connectivity index (χ2n) is 5.75. The Hall–Kier alpha value is -2.11. The molecular weight excluding hydrogens is 256 g/mol. The van der Waals surface area contributed by atoms with E-state index >= 15 is 0 Å². The van der Waals surface area contributed by atoms with Crippen LogP contribution in [0.4, 0.5) is 0 Å². The summed E-state index contributed by atoms with van der Waals surface area (Å²) >= 11 is 0. The van der Waals surface area contributed by atoms with Crippen LogP contribution in [0.5, 0.6) is 0 Å². The minimum absolute atomic E-state index is 0.0271. The van der Waals surface area contributed by atoms with Crippen LogP contribution in [0.1, 0.15) is 29.4 Å². The fraction of sp³-hybridized carbons (Fsp3) is 0.316. The highest BCUT2D eigenvalue weighted by atomic mass is 15.1. The Bertz CT molecular complexity index is 600. The highest BCUT2D eigenvalue weighted by Gasteiger charge is 2.26. The molecule has 2 aromatic carbocycles. The van der Waals surface area contributed by atoms with Crippen molar-refractivity contribution >= 4 is 0 Å². The fourth-order valence-corrected chi connectivity index (χ4v) is 3.16. The molecule has 1 heterocycles. The maximum atomic E-state index is 9.45. The van der Waals surface area contributed by atoms with Crippen LogP contribution in [-0.4, -0.2) is 24.5 Å². The lowest BCUT2D eigenvalue weighted by Gasteiger charge is -2.19. The second kappa shape index (κ2) is 6.56. The molecule has 0 spiro atoms. The molecule has 21 heavy (non-hydrogen) atoms. The molecule has 1 fully saturated rings. The topological polar surface area (TPSA) is 27.0 Å². The molecule has 0 aliphatic carbocycles. The third-order valence-corrected chi connectivity index (χ3v) is 4.34. The van der Waals surface area contributed by atoms with E-state index in [4.69, 9.17) is 0 Å². The summed E-state index contributed by atoms with van der Waals surface area (Å²) in [6, 6.07) is 23.3. The van der Waals surface area contributed by atoms with Crippen LogP contribution in [0, 0.1) is 11.3 Å². The van der Waals surface area contributed by atoms with E-state index in [2.05, 4.69) is 53.4 Å². The summed E-state index contributed by atoms with van der Waals surface area (Å²) in [5, 5.41) is 9.45. The summed E-state index contributed by atoms with van der Waals surface area (Å²) in [5.74, 6) is 0.585. The first-order valence-corrected chi connectivity index (χ1v) is 7.58. The van der Waals surface area contributed by atoms with Gasteiger partial charge in [0.25, 0.3) is 0 Å². The summed E-state index contributed by atoms with van der Waals surface area (Å²) in [6.45, 7) is 2.99. The molecule has 0 N–H and O–H groups in total. The Kier molecular flexibility index (Phi) is 4.33. The van der Waals surface area contributed by atoms with Crippen molar-refractivity contribution in [2.75, 3.05) is 19.6 Å². The molecule has 2 unspecified atom stereocenters. The Morgan fingerprint density at radius 2 is 1.71 bits per heavy atom. The Morgan fingerprint density at radius 3 is 2.38 bits per heavy atom. The van der Waals surface area contributed by atoms with Gasteiger partial charge < -0.3 is 4.90 Å². The third-order valence-electron chi connectivity index (χ3n) is 4.34.